The van der Waals surface area contributed by atoms with Gasteiger partial charge < -0.3 is 19.9 Å². The summed E-state index contributed by atoms with van der Waals surface area (Å²) in [6.07, 6.45) is 0.405. The standard InChI is InChI=1S/C22H30ClN3O2/c1-5-26(16-18-8-6-17(7-9-18)15-25(2)3)22(27)12-13-24-20-14-19(23)10-11-21(20)28-4/h6-11,14,24H,5,12-13,15-16H2,1-4H3. The number of amides is 1. The molecule has 0 radical (unpaired) electrons. The number of nitrogens with zero attached hydrogens (tertiary/aromatic N) is 2. The van der Waals surface area contributed by atoms with Gasteiger partial charge in [-0.2, -0.15) is 0 Å². The Kier molecular flexibility index (Phi) is 8.61. The van der Waals surface area contributed by atoms with E-state index in [0.29, 0.717) is 36.8 Å². The van der Waals surface area contributed by atoms with E-state index >= 15 is 0 Å². The topological polar surface area (TPSA) is 44.8 Å². The molecule has 0 aliphatic rings. The van der Waals surface area contributed by atoms with Gasteiger partial charge in [0.2, 0.25) is 5.91 Å². The molecule has 1 N–H and O–H groups in total. The summed E-state index contributed by atoms with van der Waals surface area (Å²) in [5, 5.41) is 3.87. The third-order valence-electron chi connectivity index (χ3n) is 4.45. The number of carbonyl (C=O) groups excluding carboxylic acids is 1. The first kappa shape index (κ1) is 22.1. The molecule has 28 heavy (non-hydrogen) atoms. The van der Waals surface area contributed by atoms with Crippen molar-refractivity contribution < 1.29 is 9.53 Å². The number of nitrogens with one attached hydrogen (secondary N) is 1. The minimum atomic E-state index is 0.119. The Balaban J connectivity index is 1.88. The molecule has 0 bridgehead atoms. The zero-order chi connectivity index (χ0) is 20.5. The van der Waals surface area contributed by atoms with E-state index in [-0.39, 0.29) is 5.91 Å². The molecule has 2 aromatic rings. The quantitative estimate of drug-likeness (QED) is 0.643. The second-order valence-corrected chi connectivity index (χ2v) is 7.42. The molecular weight excluding hydrogens is 374 g/mol. The summed E-state index contributed by atoms with van der Waals surface area (Å²) in [5.41, 5.74) is 3.20. The van der Waals surface area contributed by atoms with Gasteiger partial charge in [0.15, 0.2) is 0 Å². The molecule has 1 amide bonds. The van der Waals surface area contributed by atoms with E-state index in [4.69, 9.17) is 16.3 Å². The molecule has 0 saturated heterocycles. The van der Waals surface area contributed by atoms with Crippen LogP contribution >= 0.6 is 11.6 Å². The van der Waals surface area contributed by atoms with E-state index in [2.05, 4.69) is 48.6 Å². The first-order valence-corrected chi connectivity index (χ1v) is 9.88. The number of methoxy groups -OCH3 is 1. The molecule has 0 fully saturated rings. The van der Waals surface area contributed by atoms with Gasteiger partial charge in [-0.25, -0.2) is 0 Å². The van der Waals surface area contributed by atoms with Crippen molar-refractivity contribution in [1.82, 2.24) is 9.80 Å². The minimum absolute atomic E-state index is 0.119. The number of benzene rings is 2. The molecule has 2 aromatic carbocycles. The summed E-state index contributed by atoms with van der Waals surface area (Å²) in [5.74, 6) is 0.829. The smallest absolute Gasteiger partial charge is 0.224 e. The predicted octanol–water partition coefficient (Wildman–Crippen LogP) is 4.26. The summed E-state index contributed by atoms with van der Waals surface area (Å²) in [4.78, 5) is 16.6. The lowest BCUT2D eigenvalue weighted by molar-refractivity contribution is -0.131. The van der Waals surface area contributed by atoms with Gasteiger partial charge >= 0.3 is 0 Å². The third-order valence-corrected chi connectivity index (χ3v) is 4.68. The molecule has 0 saturated carbocycles. The predicted molar refractivity (Wildman–Crippen MR) is 116 cm³/mol. The lowest BCUT2D eigenvalue weighted by Crippen LogP contribution is -2.31. The summed E-state index contributed by atoms with van der Waals surface area (Å²) < 4.78 is 5.32. The maximum atomic E-state index is 12.6. The number of ether oxygens (including phenoxy) is 1. The highest BCUT2D eigenvalue weighted by Gasteiger charge is 2.13. The van der Waals surface area contributed by atoms with Crippen LogP contribution in [0.4, 0.5) is 5.69 Å². The van der Waals surface area contributed by atoms with Gasteiger partial charge in [-0.15, -0.1) is 0 Å². The molecule has 0 spiro atoms. The molecule has 152 valence electrons. The van der Waals surface area contributed by atoms with Gasteiger partial charge in [0.05, 0.1) is 12.8 Å². The fraction of sp³-hybridized carbons (Fsp3) is 0.409. The SMILES string of the molecule is CCN(Cc1ccc(CN(C)C)cc1)C(=O)CCNc1cc(Cl)ccc1OC. The minimum Gasteiger partial charge on any atom is -0.495 e. The molecule has 0 aliphatic carbocycles. The van der Waals surface area contributed by atoms with Crippen LogP contribution in [-0.2, 0) is 17.9 Å². The van der Waals surface area contributed by atoms with E-state index in [9.17, 15) is 4.79 Å². The van der Waals surface area contributed by atoms with Gasteiger partial charge in [-0.1, -0.05) is 35.9 Å². The number of halogens is 1. The van der Waals surface area contributed by atoms with Crippen LogP contribution < -0.4 is 10.1 Å². The van der Waals surface area contributed by atoms with E-state index in [1.54, 1.807) is 19.2 Å². The molecule has 0 unspecified atom stereocenters. The molecule has 6 heteroatoms. The van der Waals surface area contributed by atoms with Crippen LogP contribution in [0.1, 0.15) is 24.5 Å². The number of rotatable bonds is 10. The summed E-state index contributed by atoms with van der Waals surface area (Å²) in [7, 11) is 5.72. The Hall–Kier alpha value is -2.24. The van der Waals surface area contributed by atoms with Crippen LogP contribution in [-0.4, -0.2) is 50.0 Å². The molecule has 0 aliphatic heterocycles. The van der Waals surface area contributed by atoms with Crippen LogP contribution in [0.5, 0.6) is 5.75 Å². The average Bonchev–Trinajstić information content (AvgIpc) is 2.67. The summed E-state index contributed by atoms with van der Waals surface area (Å²) in [6.45, 7) is 4.74. The Morgan fingerprint density at radius 3 is 2.29 bits per heavy atom. The normalized spacial score (nSPS) is 10.8. The second kappa shape index (κ2) is 10.9. The highest BCUT2D eigenvalue weighted by molar-refractivity contribution is 6.30. The maximum Gasteiger partial charge on any atom is 0.224 e. The van der Waals surface area contributed by atoms with Crippen molar-refractivity contribution in [2.45, 2.75) is 26.4 Å². The first-order chi connectivity index (χ1) is 13.4. The molecule has 5 nitrogen and oxygen atoms in total. The molecule has 0 heterocycles. The lowest BCUT2D eigenvalue weighted by Gasteiger charge is -2.22. The van der Waals surface area contributed by atoms with Crippen LogP contribution in [0.25, 0.3) is 0 Å². The van der Waals surface area contributed by atoms with Gasteiger partial charge in [-0.3, -0.25) is 4.79 Å². The lowest BCUT2D eigenvalue weighted by atomic mass is 10.1. The number of carbonyl (C=O) groups is 1. The second-order valence-electron chi connectivity index (χ2n) is 6.98. The fourth-order valence-electron chi connectivity index (χ4n) is 2.99. The van der Waals surface area contributed by atoms with Crippen LogP contribution in [0.2, 0.25) is 5.02 Å². The fourth-order valence-corrected chi connectivity index (χ4v) is 3.16. The number of anilines is 1. The van der Waals surface area contributed by atoms with Crippen molar-refractivity contribution in [3.63, 3.8) is 0 Å². The van der Waals surface area contributed by atoms with Gasteiger partial charge in [0.25, 0.3) is 0 Å². The first-order valence-electron chi connectivity index (χ1n) is 9.50. The van der Waals surface area contributed by atoms with Gasteiger partial charge in [0, 0.05) is 37.6 Å². The van der Waals surface area contributed by atoms with E-state index < -0.39 is 0 Å². The van der Waals surface area contributed by atoms with Gasteiger partial charge in [-0.05, 0) is 50.3 Å². The van der Waals surface area contributed by atoms with Crippen molar-refractivity contribution in [3.8, 4) is 5.75 Å². The highest BCUT2D eigenvalue weighted by atomic mass is 35.5. The van der Waals surface area contributed by atoms with Crippen LogP contribution in [0.15, 0.2) is 42.5 Å². The third kappa shape index (κ3) is 6.73. The van der Waals surface area contributed by atoms with Crippen molar-refractivity contribution in [3.05, 3.63) is 58.6 Å². The number of hydrogen-bond donors (Lipinski definition) is 1. The van der Waals surface area contributed by atoms with Crippen molar-refractivity contribution in [1.29, 1.82) is 0 Å². The van der Waals surface area contributed by atoms with Gasteiger partial charge in [0.1, 0.15) is 5.75 Å². The van der Waals surface area contributed by atoms with Crippen LogP contribution in [0.3, 0.4) is 0 Å². The zero-order valence-electron chi connectivity index (χ0n) is 17.2. The van der Waals surface area contributed by atoms with E-state index in [1.807, 2.05) is 17.9 Å². The monoisotopic (exact) mass is 403 g/mol. The average molecular weight is 404 g/mol. The molecular formula is C22H30ClN3O2. The summed E-state index contributed by atoms with van der Waals surface area (Å²) >= 11 is 6.04. The van der Waals surface area contributed by atoms with Crippen LogP contribution in [0, 0.1) is 0 Å². The Bertz CT molecular complexity index is 763. The Morgan fingerprint density at radius 1 is 1.07 bits per heavy atom. The summed E-state index contributed by atoms with van der Waals surface area (Å²) in [6, 6.07) is 13.8. The van der Waals surface area contributed by atoms with E-state index in [1.165, 1.54) is 5.56 Å². The maximum absolute atomic E-state index is 12.6. The molecule has 0 atom stereocenters. The molecule has 2 rings (SSSR count). The molecule has 0 aromatic heterocycles. The zero-order valence-corrected chi connectivity index (χ0v) is 17.9. The number of hydrogen-bond acceptors (Lipinski definition) is 4. The van der Waals surface area contributed by atoms with Crippen molar-refractivity contribution in [2.75, 3.05) is 39.6 Å². The van der Waals surface area contributed by atoms with E-state index in [0.717, 1.165) is 17.8 Å². The van der Waals surface area contributed by atoms with Crippen molar-refractivity contribution in [2.24, 2.45) is 0 Å². The van der Waals surface area contributed by atoms with Crippen molar-refractivity contribution >= 4 is 23.2 Å². The Labute approximate surface area is 173 Å². The highest BCUT2D eigenvalue weighted by Crippen LogP contribution is 2.27. The Morgan fingerprint density at radius 2 is 1.71 bits per heavy atom. The largest absolute Gasteiger partial charge is 0.495 e.